The standard InChI is InChI=1S/C10H19NO3/c1-2-14-10(13)5-8-11-6-3-9(12)4-7-11/h10,13H,2-8H2,1H3. The molecule has 0 radical (unpaired) electrons. The van der Waals surface area contributed by atoms with Gasteiger partial charge < -0.3 is 14.7 Å². The van der Waals surface area contributed by atoms with Gasteiger partial charge in [0, 0.05) is 45.5 Å². The summed E-state index contributed by atoms with van der Waals surface area (Å²) in [6, 6.07) is 0. The lowest BCUT2D eigenvalue weighted by Gasteiger charge is -2.26. The fraction of sp³-hybridized carbons (Fsp3) is 0.900. The fourth-order valence-corrected chi connectivity index (χ4v) is 1.59. The first kappa shape index (κ1) is 11.6. The molecule has 1 unspecified atom stereocenters. The Kier molecular flexibility index (Phi) is 5.07. The minimum atomic E-state index is -0.655. The van der Waals surface area contributed by atoms with Crippen LogP contribution in [0.1, 0.15) is 26.2 Å². The van der Waals surface area contributed by atoms with Crippen molar-refractivity contribution in [2.75, 3.05) is 26.2 Å². The van der Waals surface area contributed by atoms with Gasteiger partial charge in [0.25, 0.3) is 0 Å². The van der Waals surface area contributed by atoms with Gasteiger partial charge in [0.1, 0.15) is 5.78 Å². The van der Waals surface area contributed by atoms with Crippen molar-refractivity contribution in [3.63, 3.8) is 0 Å². The number of ether oxygens (including phenoxy) is 1. The van der Waals surface area contributed by atoms with Crippen molar-refractivity contribution in [2.45, 2.75) is 32.5 Å². The lowest BCUT2D eigenvalue weighted by molar-refractivity contribution is -0.122. The topological polar surface area (TPSA) is 49.8 Å². The summed E-state index contributed by atoms with van der Waals surface area (Å²) in [6.45, 7) is 4.88. The molecule has 0 aliphatic carbocycles. The number of aliphatic hydroxyl groups is 1. The minimum Gasteiger partial charge on any atom is -0.368 e. The van der Waals surface area contributed by atoms with Gasteiger partial charge in [0.15, 0.2) is 6.29 Å². The maximum absolute atomic E-state index is 10.9. The zero-order valence-electron chi connectivity index (χ0n) is 8.74. The molecule has 1 atom stereocenters. The number of aliphatic hydroxyl groups excluding tert-OH is 1. The Bertz CT molecular complexity index is 174. The van der Waals surface area contributed by atoms with Crippen LogP contribution in [0.5, 0.6) is 0 Å². The van der Waals surface area contributed by atoms with Gasteiger partial charge in [-0.2, -0.15) is 0 Å². The van der Waals surface area contributed by atoms with Crippen molar-refractivity contribution in [3.05, 3.63) is 0 Å². The Morgan fingerprint density at radius 1 is 1.50 bits per heavy atom. The first-order valence-electron chi connectivity index (χ1n) is 5.26. The van der Waals surface area contributed by atoms with Gasteiger partial charge in [-0.3, -0.25) is 4.79 Å². The van der Waals surface area contributed by atoms with E-state index in [1.54, 1.807) is 0 Å². The van der Waals surface area contributed by atoms with Crippen molar-refractivity contribution < 1.29 is 14.6 Å². The molecule has 1 fully saturated rings. The van der Waals surface area contributed by atoms with Gasteiger partial charge in [-0.05, 0) is 6.92 Å². The fourth-order valence-electron chi connectivity index (χ4n) is 1.59. The molecule has 1 aliphatic rings. The molecule has 0 saturated carbocycles. The number of nitrogens with zero attached hydrogens (tertiary/aromatic N) is 1. The molecule has 1 rings (SSSR count). The molecule has 4 nitrogen and oxygen atoms in total. The van der Waals surface area contributed by atoms with E-state index in [0.29, 0.717) is 31.7 Å². The number of carbonyl (C=O) groups is 1. The van der Waals surface area contributed by atoms with Gasteiger partial charge in [-0.15, -0.1) is 0 Å². The van der Waals surface area contributed by atoms with Crippen LogP contribution in [-0.4, -0.2) is 48.3 Å². The minimum absolute atomic E-state index is 0.353. The maximum atomic E-state index is 10.9. The van der Waals surface area contributed by atoms with E-state index in [2.05, 4.69) is 4.90 Å². The van der Waals surface area contributed by atoms with E-state index in [-0.39, 0.29) is 0 Å². The van der Waals surface area contributed by atoms with E-state index in [4.69, 9.17) is 4.74 Å². The highest BCUT2D eigenvalue weighted by atomic mass is 16.6. The smallest absolute Gasteiger partial charge is 0.155 e. The molecule has 0 amide bonds. The Morgan fingerprint density at radius 2 is 2.14 bits per heavy atom. The first-order chi connectivity index (χ1) is 6.72. The largest absolute Gasteiger partial charge is 0.368 e. The molecule has 1 saturated heterocycles. The third-order valence-electron chi connectivity index (χ3n) is 2.47. The average Bonchev–Trinajstić information content (AvgIpc) is 2.17. The second kappa shape index (κ2) is 6.11. The zero-order valence-corrected chi connectivity index (χ0v) is 8.74. The SMILES string of the molecule is CCOC(O)CCN1CCC(=O)CC1. The van der Waals surface area contributed by atoms with E-state index < -0.39 is 6.29 Å². The summed E-state index contributed by atoms with van der Waals surface area (Å²) in [5.41, 5.74) is 0. The summed E-state index contributed by atoms with van der Waals surface area (Å²) in [5, 5.41) is 9.32. The molecule has 0 spiro atoms. The summed E-state index contributed by atoms with van der Waals surface area (Å²) in [4.78, 5) is 13.1. The van der Waals surface area contributed by atoms with E-state index in [1.807, 2.05) is 6.92 Å². The molecule has 0 aromatic carbocycles. The van der Waals surface area contributed by atoms with Crippen LogP contribution in [0, 0.1) is 0 Å². The summed E-state index contributed by atoms with van der Waals surface area (Å²) in [7, 11) is 0. The van der Waals surface area contributed by atoms with Crippen molar-refractivity contribution >= 4 is 5.78 Å². The third kappa shape index (κ3) is 4.17. The number of carbonyl (C=O) groups excluding carboxylic acids is 1. The monoisotopic (exact) mass is 201 g/mol. The van der Waals surface area contributed by atoms with E-state index >= 15 is 0 Å². The van der Waals surface area contributed by atoms with Gasteiger partial charge in [0.2, 0.25) is 0 Å². The van der Waals surface area contributed by atoms with Crippen molar-refractivity contribution in [1.29, 1.82) is 0 Å². The normalized spacial score (nSPS) is 21.1. The molecule has 1 heterocycles. The number of hydrogen-bond donors (Lipinski definition) is 1. The molecule has 14 heavy (non-hydrogen) atoms. The van der Waals surface area contributed by atoms with Gasteiger partial charge in [-0.1, -0.05) is 0 Å². The van der Waals surface area contributed by atoms with Crippen LogP contribution in [0.25, 0.3) is 0 Å². The second-order valence-corrected chi connectivity index (χ2v) is 3.58. The molecular weight excluding hydrogens is 182 g/mol. The third-order valence-corrected chi connectivity index (χ3v) is 2.47. The first-order valence-corrected chi connectivity index (χ1v) is 5.26. The highest BCUT2D eigenvalue weighted by Gasteiger charge is 2.16. The number of rotatable bonds is 5. The molecule has 0 aromatic heterocycles. The van der Waals surface area contributed by atoms with E-state index in [0.717, 1.165) is 19.6 Å². The Morgan fingerprint density at radius 3 is 2.71 bits per heavy atom. The number of piperidine rings is 1. The second-order valence-electron chi connectivity index (χ2n) is 3.58. The molecule has 0 bridgehead atoms. The zero-order chi connectivity index (χ0) is 10.4. The van der Waals surface area contributed by atoms with Crippen LogP contribution in [0.3, 0.4) is 0 Å². The predicted octanol–water partition coefficient (Wildman–Crippen LogP) is 0.396. The lowest BCUT2D eigenvalue weighted by atomic mass is 10.1. The number of likely N-dealkylation sites (tertiary alicyclic amines) is 1. The van der Waals surface area contributed by atoms with Crippen LogP contribution in [0.15, 0.2) is 0 Å². The summed E-state index contributed by atoms with van der Waals surface area (Å²) >= 11 is 0. The summed E-state index contributed by atoms with van der Waals surface area (Å²) < 4.78 is 5.02. The van der Waals surface area contributed by atoms with Crippen LogP contribution in [0.2, 0.25) is 0 Å². The van der Waals surface area contributed by atoms with Crippen LogP contribution < -0.4 is 0 Å². The molecule has 1 N–H and O–H groups in total. The molecular formula is C10H19NO3. The van der Waals surface area contributed by atoms with Gasteiger partial charge in [-0.25, -0.2) is 0 Å². The summed E-state index contributed by atoms with van der Waals surface area (Å²) in [6.07, 6.45) is 1.29. The van der Waals surface area contributed by atoms with Crippen molar-refractivity contribution in [1.82, 2.24) is 4.90 Å². The maximum Gasteiger partial charge on any atom is 0.155 e. The van der Waals surface area contributed by atoms with Crippen LogP contribution in [0.4, 0.5) is 0 Å². The lowest BCUT2D eigenvalue weighted by Crippen LogP contribution is -2.36. The van der Waals surface area contributed by atoms with Crippen LogP contribution in [-0.2, 0) is 9.53 Å². The Hall–Kier alpha value is -0.450. The van der Waals surface area contributed by atoms with E-state index in [9.17, 15) is 9.90 Å². The quantitative estimate of drug-likeness (QED) is 0.654. The van der Waals surface area contributed by atoms with E-state index in [1.165, 1.54) is 0 Å². The molecule has 4 heteroatoms. The molecule has 1 aliphatic heterocycles. The van der Waals surface area contributed by atoms with Crippen molar-refractivity contribution in [3.8, 4) is 0 Å². The van der Waals surface area contributed by atoms with Crippen LogP contribution >= 0.6 is 0 Å². The summed E-state index contributed by atoms with van der Waals surface area (Å²) in [5.74, 6) is 0.353. The molecule has 0 aromatic rings. The average molecular weight is 201 g/mol. The number of ketones is 1. The predicted molar refractivity (Wildman–Crippen MR) is 52.9 cm³/mol. The van der Waals surface area contributed by atoms with Gasteiger partial charge >= 0.3 is 0 Å². The Labute approximate surface area is 84.8 Å². The number of hydrogen-bond acceptors (Lipinski definition) is 4. The Balaban J connectivity index is 2.09. The van der Waals surface area contributed by atoms with Gasteiger partial charge in [0.05, 0.1) is 0 Å². The van der Waals surface area contributed by atoms with Crippen molar-refractivity contribution in [2.24, 2.45) is 0 Å². The highest BCUT2D eigenvalue weighted by molar-refractivity contribution is 5.79. The number of Topliss-reactive ketones (excluding diaryl/α,β-unsaturated/α-hetero) is 1. The highest BCUT2D eigenvalue weighted by Crippen LogP contribution is 2.07. The molecule has 82 valence electrons.